The number of unbranched alkanes of at least 4 members (excludes halogenated alkanes) is 3. The molecular formula is C12H24O. The molecule has 0 fully saturated rings. The van der Waals surface area contributed by atoms with Gasteiger partial charge in [-0.2, -0.15) is 0 Å². The first kappa shape index (κ1) is 12.7. The predicted molar refractivity (Wildman–Crippen MR) is 58.8 cm³/mol. The van der Waals surface area contributed by atoms with Crippen molar-refractivity contribution in [1.29, 1.82) is 0 Å². The number of hydrogen-bond acceptors (Lipinski definition) is 1. The maximum atomic E-state index is 9.52. The first-order valence-electron chi connectivity index (χ1n) is 5.60. The zero-order valence-electron chi connectivity index (χ0n) is 9.13. The van der Waals surface area contributed by atoms with E-state index in [-0.39, 0.29) is 6.10 Å². The molecule has 0 bridgehead atoms. The number of hydrogen-bond donors (Lipinski definition) is 1. The highest BCUT2D eigenvalue weighted by Gasteiger charge is 2.01. The lowest BCUT2D eigenvalue weighted by molar-refractivity contribution is 0.148. The highest BCUT2D eigenvalue weighted by molar-refractivity contribution is 4.76. The van der Waals surface area contributed by atoms with Crippen molar-refractivity contribution in [3.63, 3.8) is 0 Å². The molecule has 1 atom stereocenters. The Labute approximate surface area is 82.9 Å². The van der Waals surface area contributed by atoms with E-state index in [4.69, 9.17) is 0 Å². The summed E-state index contributed by atoms with van der Waals surface area (Å²) in [5, 5.41) is 9.52. The summed E-state index contributed by atoms with van der Waals surface area (Å²) in [4.78, 5) is 0. The van der Waals surface area contributed by atoms with Crippen molar-refractivity contribution >= 4 is 0 Å². The van der Waals surface area contributed by atoms with E-state index in [2.05, 4.69) is 26.0 Å². The van der Waals surface area contributed by atoms with Crippen molar-refractivity contribution in [2.45, 2.75) is 64.9 Å². The van der Waals surface area contributed by atoms with Gasteiger partial charge in [0.15, 0.2) is 0 Å². The van der Waals surface area contributed by atoms with E-state index in [1.165, 1.54) is 12.8 Å². The van der Waals surface area contributed by atoms with Crippen LogP contribution in [0.2, 0.25) is 0 Å². The molecule has 0 aliphatic rings. The van der Waals surface area contributed by atoms with E-state index in [0.29, 0.717) is 0 Å². The summed E-state index contributed by atoms with van der Waals surface area (Å²) in [5.41, 5.74) is 0. The molecule has 1 nitrogen and oxygen atoms in total. The first-order valence-corrected chi connectivity index (χ1v) is 5.60. The Morgan fingerprint density at radius 3 is 2.46 bits per heavy atom. The van der Waals surface area contributed by atoms with E-state index in [1.54, 1.807) is 0 Å². The summed E-state index contributed by atoms with van der Waals surface area (Å²) in [6, 6.07) is 0. The van der Waals surface area contributed by atoms with Gasteiger partial charge in [0.2, 0.25) is 0 Å². The van der Waals surface area contributed by atoms with Gasteiger partial charge in [-0.05, 0) is 32.6 Å². The molecule has 0 saturated heterocycles. The fourth-order valence-corrected chi connectivity index (χ4v) is 1.39. The van der Waals surface area contributed by atoms with Crippen molar-refractivity contribution in [1.82, 2.24) is 0 Å². The summed E-state index contributed by atoms with van der Waals surface area (Å²) >= 11 is 0. The molecule has 13 heavy (non-hydrogen) atoms. The van der Waals surface area contributed by atoms with Crippen LogP contribution in [0.25, 0.3) is 0 Å². The molecule has 0 saturated carbocycles. The quantitative estimate of drug-likeness (QED) is 0.451. The molecule has 0 amide bonds. The molecule has 0 aliphatic carbocycles. The fraction of sp³-hybridized carbons (Fsp3) is 0.833. The Morgan fingerprint density at radius 2 is 1.85 bits per heavy atom. The fourth-order valence-electron chi connectivity index (χ4n) is 1.39. The smallest absolute Gasteiger partial charge is 0.0540 e. The Bertz CT molecular complexity index is 118. The van der Waals surface area contributed by atoms with Gasteiger partial charge in [-0.15, -0.1) is 0 Å². The summed E-state index contributed by atoms with van der Waals surface area (Å²) < 4.78 is 0. The Hall–Kier alpha value is -0.300. The minimum atomic E-state index is -0.0504. The van der Waals surface area contributed by atoms with Crippen molar-refractivity contribution in [2.24, 2.45) is 0 Å². The van der Waals surface area contributed by atoms with Crippen molar-refractivity contribution in [3.05, 3.63) is 12.2 Å². The summed E-state index contributed by atoms with van der Waals surface area (Å²) in [7, 11) is 0. The lowest BCUT2D eigenvalue weighted by Gasteiger charge is -2.08. The van der Waals surface area contributed by atoms with Crippen LogP contribution < -0.4 is 0 Å². The minimum Gasteiger partial charge on any atom is -0.393 e. The van der Waals surface area contributed by atoms with Crippen molar-refractivity contribution < 1.29 is 5.11 Å². The molecule has 78 valence electrons. The van der Waals surface area contributed by atoms with Crippen LogP contribution in [0.15, 0.2) is 12.2 Å². The molecule has 0 aromatic carbocycles. The molecule has 1 heteroatoms. The van der Waals surface area contributed by atoms with Gasteiger partial charge in [0.25, 0.3) is 0 Å². The second-order valence-corrected chi connectivity index (χ2v) is 3.65. The third-order valence-corrected chi connectivity index (χ3v) is 2.28. The van der Waals surface area contributed by atoms with Gasteiger partial charge in [-0.1, -0.05) is 38.3 Å². The van der Waals surface area contributed by atoms with Crippen LogP contribution in [-0.2, 0) is 0 Å². The SMILES string of the molecule is CC=CCCCCC(O)CCCC. The number of aliphatic hydroxyl groups excluding tert-OH is 1. The topological polar surface area (TPSA) is 20.2 Å². The maximum Gasteiger partial charge on any atom is 0.0540 e. The van der Waals surface area contributed by atoms with Crippen molar-refractivity contribution in [3.8, 4) is 0 Å². The van der Waals surface area contributed by atoms with Gasteiger partial charge >= 0.3 is 0 Å². The number of allylic oxidation sites excluding steroid dienone is 2. The molecule has 0 aliphatic heterocycles. The molecule has 0 spiro atoms. The predicted octanol–water partition coefficient (Wildman–Crippen LogP) is 3.67. The number of aliphatic hydroxyl groups is 1. The van der Waals surface area contributed by atoms with E-state index in [1.807, 2.05) is 0 Å². The molecule has 0 rings (SSSR count). The van der Waals surface area contributed by atoms with E-state index < -0.39 is 0 Å². The van der Waals surface area contributed by atoms with E-state index in [0.717, 1.165) is 32.1 Å². The summed E-state index contributed by atoms with van der Waals surface area (Å²) in [5.74, 6) is 0. The average molecular weight is 184 g/mol. The molecule has 0 radical (unpaired) electrons. The van der Waals surface area contributed by atoms with Crippen LogP contribution in [0.1, 0.15) is 58.8 Å². The van der Waals surface area contributed by atoms with Gasteiger partial charge in [-0.3, -0.25) is 0 Å². The second-order valence-electron chi connectivity index (χ2n) is 3.65. The van der Waals surface area contributed by atoms with Crippen LogP contribution in [0.3, 0.4) is 0 Å². The summed E-state index contributed by atoms with van der Waals surface area (Å²) in [6.07, 6.45) is 12.1. The average Bonchev–Trinajstić information content (AvgIpc) is 2.14. The van der Waals surface area contributed by atoms with Crippen LogP contribution in [0, 0.1) is 0 Å². The largest absolute Gasteiger partial charge is 0.393 e. The van der Waals surface area contributed by atoms with Gasteiger partial charge in [-0.25, -0.2) is 0 Å². The van der Waals surface area contributed by atoms with Gasteiger partial charge in [0.05, 0.1) is 6.10 Å². The lowest BCUT2D eigenvalue weighted by atomic mass is 10.1. The standard InChI is InChI=1S/C12H24O/c1-3-5-7-8-9-11-12(13)10-6-4-2/h3,5,12-13H,4,6-11H2,1-2H3. The molecular weight excluding hydrogens is 160 g/mol. The number of rotatable bonds is 8. The molecule has 0 aromatic rings. The highest BCUT2D eigenvalue weighted by Crippen LogP contribution is 2.09. The second kappa shape index (κ2) is 9.79. The zero-order chi connectivity index (χ0) is 9.94. The van der Waals surface area contributed by atoms with Crippen LogP contribution in [0.5, 0.6) is 0 Å². The molecule has 1 N–H and O–H groups in total. The van der Waals surface area contributed by atoms with Crippen LogP contribution in [0.4, 0.5) is 0 Å². The molecule has 0 aromatic heterocycles. The van der Waals surface area contributed by atoms with Gasteiger partial charge < -0.3 is 5.11 Å². The third kappa shape index (κ3) is 9.62. The highest BCUT2D eigenvalue weighted by atomic mass is 16.3. The normalized spacial score (nSPS) is 13.8. The monoisotopic (exact) mass is 184 g/mol. The van der Waals surface area contributed by atoms with E-state index in [9.17, 15) is 5.11 Å². The van der Waals surface area contributed by atoms with Crippen molar-refractivity contribution in [2.75, 3.05) is 0 Å². The first-order chi connectivity index (χ1) is 6.31. The van der Waals surface area contributed by atoms with Gasteiger partial charge in [0.1, 0.15) is 0 Å². The molecule has 0 heterocycles. The minimum absolute atomic E-state index is 0.0504. The maximum absolute atomic E-state index is 9.52. The molecule has 1 unspecified atom stereocenters. The summed E-state index contributed by atoms with van der Waals surface area (Å²) in [6.45, 7) is 4.22. The van der Waals surface area contributed by atoms with Crippen LogP contribution >= 0.6 is 0 Å². The van der Waals surface area contributed by atoms with Crippen LogP contribution in [-0.4, -0.2) is 11.2 Å². The van der Waals surface area contributed by atoms with E-state index >= 15 is 0 Å². The third-order valence-electron chi connectivity index (χ3n) is 2.28. The zero-order valence-corrected chi connectivity index (χ0v) is 9.13. The Balaban J connectivity index is 3.11. The Kier molecular flexibility index (Phi) is 9.56. The Morgan fingerprint density at radius 1 is 1.15 bits per heavy atom. The van der Waals surface area contributed by atoms with Gasteiger partial charge in [0, 0.05) is 0 Å². The lowest BCUT2D eigenvalue weighted by Crippen LogP contribution is -2.05.